The van der Waals surface area contributed by atoms with Crippen molar-refractivity contribution < 1.29 is 22.3 Å². The smallest absolute Gasteiger partial charge is 0.256 e. The first-order chi connectivity index (χ1) is 14.9. The molecular formula is C22H26FN3O4S. The van der Waals surface area contributed by atoms with E-state index in [-0.39, 0.29) is 16.8 Å². The SMILES string of the molecule is O=C(c1ccccc1N1CCC(NS(=O)(=O)c2ccc(F)cc2)CC1)N1CCOCC1. The molecule has 0 spiro atoms. The van der Waals surface area contributed by atoms with E-state index in [2.05, 4.69) is 9.62 Å². The van der Waals surface area contributed by atoms with Crippen LogP contribution in [-0.2, 0) is 14.8 Å². The van der Waals surface area contributed by atoms with Crippen LogP contribution in [0.25, 0.3) is 0 Å². The first-order valence-electron chi connectivity index (χ1n) is 10.4. The Morgan fingerprint density at radius 1 is 0.968 bits per heavy atom. The summed E-state index contributed by atoms with van der Waals surface area (Å²) in [5.41, 5.74) is 1.54. The molecule has 0 aromatic heterocycles. The minimum atomic E-state index is -3.70. The number of sulfonamides is 1. The van der Waals surface area contributed by atoms with Gasteiger partial charge in [0.1, 0.15) is 5.82 Å². The van der Waals surface area contributed by atoms with Gasteiger partial charge < -0.3 is 14.5 Å². The number of rotatable bonds is 5. The predicted octanol–water partition coefficient (Wildman–Crippen LogP) is 2.25. The Balaban J connectivity index is 1.41. The number of hydrogen-bond donors (Lipinski definition) is 1. The molecular weight excluding hydrogens is 421 g/mol. The summed E-state index contributed by atoms with van der Waals surface area (Å²) in [6.45, 7) is 3.52. The lowest BCUT2D eigenvalue weighted by Crippen LogP contribution is -2.45. The van der Waals surface area contributed by atoms with Crippen molar-refractivity contribution in [3.63, 3.8) is 0 Å². The highest BCUT2D eigenvalue weighted by Gasteiger charge is 2.28. The molecule has 0 bridgehead atoms. The molecule has 2 saturated heterocycles. The van der Waals surface area contributed by atoms with Crippen molar-refractivity contribution in [1.29, 1.82) is 0 Å². The van der Waals surface area contributed by atoms with E-state index < -0.39 is 15.8 Å². The third kappa shape index (κ3) is 5.06. The number of benzene rings is 2. The summed E-state index contributed by atoms with van der Waals surface area (Å²) in [6.07, 6.45) is 1.22. The molecule has 4 rings (SSSR count). The topological polar surface area (TPSA) is 79.0 Å². The van der Waals surface area contributed by atoms with Gasteiger partial charge in [-0.1, -0.05) is 12.1 Å². The molecule has 1 N–H and O–H groups in total. The van der Waals surface area contributed by atoms with Crippen LogP contribution in [0, 0.1) is 5.82 Å². The minimum Gasteiger partial charge on any atom is -0.378 e. The van der Waals surface area contributed by atoms with Gasteiger partial charge in [0, 0.05) is 37.9 Å². The monoisotopic (exact) mass is 447 g/mol. The molecule has 0 unspecified atom stereocenters. The van der Waals surface area contributed by atoms with Crippen molar-refractivity contribution in [1.82, 2.24) is 9.62 Å². The zero-order chi connectivity index (χ0) is 21.8. The van der Waals surface area contributed by atoms with Crippen molar-refractivity contribution in [2.24, 2.45) is 0 Å². The van der Waals surface area contributed by atoms with Gasteiger partial charge in [0.05, 0.1) is 23.7 Å². The van der Waals surface area contributed by atoms with E-state index in [1.165, 1.54) is 12.1 Å². The number of halogens is 1. The number of ether oxygens (including phenoxy) is 1. The van der Waals surface area contributed by atoms with Crippen LogP contribution in [0.15, 0.2) is 53.4 Å². The molecule has 2 aromatic carbocycles. The molecule has 0 radical (unpaired) electrons. The summed E-state index contributed by atoms with van der Waals surface area (Å²) in [5.74, 6) is -0.476. The molecule has 0 atom stereocenters. The highest BCUT2D eigenvalue weighted by atomic mass is 32.2. The molecule has 2 aliphatic rings. The molecule has 0 aliphatic carbocycles. The van der Waals surface area contributed by atoms with Gasteiger partial charge in [0.15, 0.2) is 0 Å². The van der Waals surface area contributed by atoms with Crippen LogP contribution < -0.4 is 9.62 Å². The molecule has 7 nitrogen and oxygen atoms in total. The first kappa shape index (κ1) is 21.7. The Kier molecular flexibility index (Phi) is 6.54. The lowest BCUT2D eigenvalue weighted by Gasteiger charge is -2.35. The highest BCUT2D eigenvalue weighted by Crippen LogP contribution is 2.26. The highest BCUT2D eigenvalue weighted by molar-refractivity contribution is 7.89. The van der Waals surface area contributed by atoms with E-state index in [9.17, 15) is 17.6 Å². The van der Waals surface area contributed by atoms with E-state index in [0.717, 1.165) is 17.8 Å². The number of anilines is 1. The fraction of sp³-hybridized carbons (Fsp3) is 0.409. The normalized spacial score (nSPS) is 18.2. The summed E-state index contributed by atoms with van der Waals surface area (Å²) < 4.78 is 46.3. The van der Waals surface area contributed by atoms with Crippen LogP contribution >= 0.6 is 0 Å². The van der Waals surface area contributed by atoms with Gasteiger partial charge in [0.2, 0.25) is 10.0 Å². The van der Waals surface area contributed by atoms with Crippen molar-refractivity contribution in [2.75, 3.05) is 44.3 Å². The molecule has 0 saturated carbocycles. The maximum absolute atomic E-state index is 13.1. The zero-order valence-electron chi connectivity index (χ0n) is 17.2. The Morgan fingerprint density at radius 2 is 1.61 bits per heavy atom. The van der Waals surface area contributed by atoms with Crippen molar-refractivity contribution in [3.05, 3.63) is 59.9 Å². The maximum atomic E-state index is 13.1. The molecule has 166 valence electrons. The van der Waals surface area contributed by atoms with Gasteiger partial charge in [-0.15, -0.1) is 0 Å². The van der Waals surface area contributed by atoms with E-state index >= 15 is 0 Å². The number of carbonyl (C=O) groups excluding carboxylic acids is 1. The average molecular weight is 448 g/mol. The van der Waals surface area contributed by atoms with Crippen LogP contribution in [0.4, 0.5) is 10.1 Å². The Bertz CT molecular complexity index is 1020. The lowest BCUT2D eigenvalue weighted by atomic mass is 10.0. The molecule has 31 heavy (non-hydrogen) atoms. The number of para-hydroxylation sites is 1. The number of morpholine rings is 1. The molecule has 9 heteroatoms. The average Bonchev–Trinajstić information content (AvgIpc) is 2.80. The van der Waals surface area contributed by atoms with Gasteiger partial charge >= 0.3 is 0 Å². The third-order valence-corrected chi connectivity index (χ3v) is 7.25. The van der Waals surface area contributed by atoms with Crippen molar-refractivity contribution in [3.8, 4) is 0 Å². The molecule has 2 fully saturated rings. The number of nitrogens with one attached hydrogen (secondary N) is 1. The summed E-state index contributed by atoms with van der Waals surface area (Å²) in [5, 5.41) is 0. The summed E-state index contributed by atoms with van der Waals surface area (Å²) in [6, 6.07) is 12.1. The lowest BCUT2D eigenvalue weighted by molar-refractivity contribution is 0.0303. The number of nitrogens with zero attached hydrogens (tertiary/aromatic N) is 2. The molecule has 2 aliphatic heterocycles. The Morgan fingerprint density at radius 3 is 2.29 bits per heavy atom. The summed E-state index contributed by atoms with van der Waals surface area (Å²) >= 11 is 0. The van der Waals surface area contributed by atoms with E-state index in [1.807, 2.05) is 29.2 Å². The fourth-order valence-corrected chi connectivity index (χ4v) is 5.31. The molecule has 2 aromatic rings. The van der Waals surface area contributed by atoms with Crippen molar-refractivity contribution in [2.45, 2.75) is 23.8 Å². The summed E-state index contributed by atoms with van der Waals surface area (Å²) in [4.78, 5) is 17.0. The van der Waals surface area contributed by atoms with Crippen molar-refractivity contribution >= 4 is 21.6 Å². The fourth-order valence-electron chi connectivity index (χ4n) is 4.01. The van der Waals surface area contributed by atoms with E-state index in [1.54, 1.807) is 0 Å². The van der Waals surface area contributed by atoms with Crippen LogP contribution in [0.5, 0.6) is 0 Å². The van der Waals surface area contributed by atoms with Crippen LogP contribution in [-0.4, -0.2) is 64.7 Å². The van der Waals surface area contributed by atoms with Gasteiger partial charge in [-0.2, -0.15) is 0 Å². The number of carbonyl (C=O) groups is 1. The third-order valence-electron chi connectivity index (χ3n) is 5.71. The van der Waals surface area contributed by atoms with Crippen LogP contribution in [0.3, 0.4) is 0 Å². The largest absolute Gasteiger partial charge is 0.378 e. The van der Waals surface area contributed by atoms with E-state index in [0.29, 0.717) is 57.8 Å². The van der Waals surface area contributed by atoms with Gasteiger partial charge in [-0.05, 0) is 49.2 Å². The quantitative estimate of drug-likeness (QED) is 0.761. The number of hydrogen-bond acceptors (Lipinski definition) is 5. The standard InChI is InChI=1S/C22H26FN3O4S/c23-17-5-7-19(8-6-17)31(28,29)24-18-9-11-25(12-10-18)21-4-2-1-3-20(21)22(27)26-13-15-30-16-14-26/h1-8,18,24H,9-16H2. The Hall–Kier alpha value is -2.49. The van der Waals surface area contributed by atoms with Crippen LogP contribution in [0.2, 0.25) is 0 Å². The van der Waals surface area contributed by atoms with E-state index in [4.69, 9.17) is 4.74 Å². The zero-order valence-corrected chi connectivity index (χ0v) is 18.0. The molecule has 1 amide bonds. The number of piperidine rings is 1. The first-order valence-corrected chi connectivity index (χ1v) is 11.9. The van der Waals surface area contributed by atoms with Gasteiger partial charge in [0.25, 0.3) is 5.91 Å². The minimum absolute atomic E-state index is 0.00182. The second-order valence-electron chi connectivity index (χ2n) is 7.76. The molecule has 2 heterocycles. The van der Waals surface area contributed by atoms with Crippen LogP contribution in [0.1, 0.15) is 23.2 Å². The second-order valence-corrected chi connectivity index (χ2v) is 9.47. The maximum Gasteiger partial charge on any atom is 0.256 e. The summed E-state index contributed by atoms with van der Waals surface area (Å²) in [7, 11) is -3.70. The second kappa shape index (κ2) is 9.33. The Labute approximate surface area is 181 Å². The number of amides is 1. The predicted molar refractivity (Wildman–Crippen MR) is 115 cm³/mol. The van der Waals surface area contributed by atoms with Gasteiger partial charge in [-0.25, -0.2) is 17.5 Å². The van der Waals surface area contributed by atoms with Gasteiger partial charge in [-0.3, -0.25) is 4.79 Å².